The average molecular weight is 251 g/mol. The highest BCUT2D eigenvalue weighted by atomic mass is 19.1. The lowest BCUT2D eigenvalue weighted by Crippen LogP contribution is -2.40. The summed E-state index contributed by atoms with van der Waals surface area (Å²) < 4.78 is 12.9. The van der Waals surface area contributed by atoms with Gasteiger partial charge in [0.15, 0.2) is 0 Å². The standard InChI is InChI=1S/C15H22FNO/c1-2-11-17-14-7-9-15(18,10-8-14)12-3-5-13(16)6-4-12/h3-6,14,17-18H,2,7-11H2,1H3. The van der Waals surface area contributed by atoms with Gasteiger partial charge >= 0.3 is 0 Å². The topological polar surface area (TPSA) is 32.3 Å². The smallest absolute Gasteiger partial charge is 0.123 e. The molecule has 0 unspecified atom stereocenters. The first-order valence-corrected chi connectivity index (χ1v) is 6.86. The molecule has 0 bridgehead atoms. The molecule has 0 heterocycles. The largest absolute Gasteiger partial charge is 0.385 e. The molecule has 3 heteroatoms. The Bertz CT molecular complexity index is 369. The van der Waals surface area contributed by atoms with Crippen molar-refractivity contribution >= 4 is 0 Å². The van der Waals surface area contributed by atoms with Gasteiger partial charge in [0.2, 0.25) is 0 Å². The zero-order valence-electron chi connectivity index (χ0n) is 11.0. The zero-order valence-corrected chi connectivity index (χ0v) is 11.0. The molecule has 0 amide bonds. The molecule has 1 saturated carbocycles. The lowest BCUT2D eigenvalue weighted by atomic mass is 9.78. The molecule has 0 radical (unpaired) electrons. The second-order valence-electron chi connectivity index (χ2n) is 5.27. The van der Waals surface area contributed by atoms with Crippen LogP contribution in [-0.2, 0) is 5.60 Å². The van der Waals surface area contributed by atoms with E-state index in [0.29, 0.717) is 6.04 Å². The van der Waals surface area contributed by atoms with Crippen molar-refractivity contribution in [1.82, 2.24) is 5.32 Å². The Morgan fingerprint density at radius 2 is 1.89 bits per heavy atom. The summed E-state index contributed by atoms with van der Waals surface area (Å²) >= 11 is 0. The molecule has 18 heavy (non-hydrogen) atoms. The zero-order chi connectivity index (χ0) is 13.0. The SMILES string of the molecule is CCCNC1CCC(O)(c2ccc(F)cc2)CC1. The summed E-state index contributed by atoms with van der Waals surface area (Å²) in [6.07, 6.45) is 4.60. The van der Waals surface area contributed by atoms with Crippen LogP contribution >= 0.6 is 0 Å². The molecule has 2 rings (SSSR count). The number of hydrogen-bond donors (Lipinski definition) is 2. The van der Waals surface area contributed by atoms with Crippen molar-refractivity contribution in [2.75, 3.05) is 6.54 Å². The van der Waals surface area contributed by atoms with E-state index < -0.39 is 5.60 Å². The molecule has 1 aromatic carbocycles. The molecule has 100 valence electrons. The number of nitrogens with one attached hydrogen (secondary N) is 1. The van der Waals surface area contributed by atoms with Crippen LogP contribution < -0.4 is 5.32 Å². The Labute approximate surface area is 108 Å². The molecule has 0 saturated heterocycles. The van der Waals surface area contributed by atoms with Crippen molar-refractivity contribution in [3.8, 4) is 0 Å². The van der Waals surface area contributed by atoms with Gasteiger partial charge in [-0.25, -0.2) is 4.39 Å². The molecule has 1 aliphatic rings. The first-order valence-electron chi connectivity index (χ1n) is 6.86. The fraction of sp³-hybridized carbons (Fsp3) is 0.600. The molecule has 1 fully saturated rings. The first-order chi connectivity index (χ1) is 8.64. The summed E-state index contributed by atoms with van der Waals surface area (Å²) in [4.78, 5) is 0. The molecule has 0 atom stereocenters. The summed E-state index contributed by atoms with van der Waals surface area (Å²) in [7, 11) is 0. The Hall–Kier alpha value is -0.930. The molecule has 2 N–H and O–H groups in total. The minimum absolute atomic E-state index is 0.249. The van der Waals surface area contributed by atoms with Gasteiger partial charge in [0, 0.05) is 6.04 Å². The van der Waals surface area contributed by atoms with E-state index in [1.807, 2.05) is 0 Å². The third-order valence-corrected chi connectivity index (χ3v) is 3.88. The van der Waals surface area contributed by atoms with Crippen LogP contribution in [0.5, 0.6) is 0 Å². The van der Waals surface area contributed by atoms with E-state index in [4.69, 9.17) is 0 Å². The summed E-state index contributed by atoms with van der Waals surface area (Å²) in [6, 6.07) is 6.78. The van der Waals surface area contributed by atoms with E-state index in [9.17, 15) is 9.50 Å². The van der Waals surface area contributed by atoms with Gasteiger partial charge in [0.05, 0.1) is 5.60 Å². The van der Waals surface area contributed by atoms with E-state index in [1.165, 1.54) is 12.1 Å². The fourth-order valence-electron chi connectivity index (χ4n) is 2.70. The number of halogens is 1. The fourth-order valence-corrected chi connectivity index (χ4v) is 2.70. The quantitative estimate of drug-likeness (QED) is 0.862. The maximum atomic E-state index is 12.9. The monoisotopic (exact) mass is 251 g/mol. The van der Waals surface area contributed by atoms with Crippen LogP contribution in [-0.4, -0.2) is 17.7 Å². The van der Waals surface area contributed by atoms with Gasteiger partial charge in [0.25, 0.3) is 0 Å². The van der Waals surface area contributed by atoms with Gasteiger partial charge in [-0.05, 0) is 56.3 Å². The highest BCUT2D eigenvalue weighted by Gasteiger charge is 2.34. The number of aliphatic hydroxyl groups is 1. The van der Waals surface area contributed by atoms with Gasteiger partial charge in [0.1, 0.15) is 5.82 Å². The maximum absolute atomic E-state index is 12.9. The molecule has 1 aliphatic carbocycles. The van der Waals surface area contributed by atoms with E-state index in [0.717, 1.165) is 44.2 Å². The minimum atomic E-state index is -0.766. The van der Waals surface area contributed by atoms with E-state index >= 15 is 0 Å². The summed E-state index contributed by atoms with van der Waals surface area (Å²) in [5.74, 6) is -0.249. The van der Waals surface area contributed by atoms with Gasteiger partial charge in [-0.2, -0.15) is 0 Å². The highest BCUT2D eigenvalue weighted by molar-refractivity contribution is 5.23. The van der Waals surface area contributed by atoms with E-state index in [1.54, 1.807) is 12.1 Å². The van der Waals surface area contributed by atoms with Gasteiger partial charge in [-0.1, -0.05) is 19.1 Å². The Morgan fingerprint density at radius 1 is 1.28 bits per heavy atom. The summed E-state index contributed by atoms with van der Waals surface area (Å²) in [6.45, 7) is 3.20. The van der Waals surface area contributed by atoms with Crippen LogP contribution in [0.25, 0.3) is 0 Å². The van der Waals surface area contributed by atoms with Gasteiger partial charge < -0.3 is 10.4 Å². The van der Waals surface area contributed by atoms with Crippen molar-refractivity contribution in [1.29, 1.82) is 0 Å². The second kappa shape index (κ2) is 5.81. The second-order valence-corrected chi connectivity index (χ2v) is 5.27. The van der Waals surface area contributed by atoms with Crippen molar-refractivity contribution < 1.29 is 9.50 Å². The first kappa shape index (κ1) is 13.5. The molecular weight excluding hydrogens is 229 g/mol. The molecule has 1 aromatic rings. The maximum Gasteiger partial charge on any atom is 0.123 e. The molecule has 2 nitrogen and oxygen atoms in total. The highest BCUT2D eigenvalue weighted by Crippen LogP contribution is 2.37. The lowest BCUT2D eigenvalue weighted by Gasteiger charge is -2.36. The molecular formula is C15H22FNO. The third kappa shape index (κ3) is 3.09. The molecule has 0 aliphatic heterocycles. The van der Waals surface area contributed by atoms with E-state index in [2.05, 4.69) is 12.2 Å². The van der Waals surface area contributed by atoms with Crippen LogP contribution in [0.15, 0.2) is 24.3 Å². The normalized spacial score (nSPS) is 28.3. The van der Waals surface area contributed by atoms with Crippen LogP contribution in [0.4, 0.5) is 4.39 Å². The van der Waals surface area contributed by atoms with Crippen molar-refractivity contribution in [2.24, 2.45) is 0 Å². The Morgan fingerprint density at radius 3 is 2.44 bits per heavy atom. The lowest BCUT2D eigenvalue weighted by molar-refractivity contribution is -0.00831. The van der Waals surface area contributed by atoms with Crippen molar-refractivity contribution in [3.63, 3.8) is 0 Å². The molecule has 0 spiro atoms. The number of hydrogen-bond acceptors (Lipinski definition) is 2. The minimum Gasteiger partial charge on any atom is -0.385 e. The van der Waals surface area contributed by atoms with Crippen LogP contribution in [0.3, 0.4) is 0 Å². The summed E-state index contributed by atoms with van der Waals surface area (Å²) in [5.41, 5.74) is 0.0794. The Balaban J connectivity index is 1.96. The van der Waals surface area contributed by atoms with Crippen LogP contribution in [0, 0.1) is 5.82 Å². The van der Waals surface area contributed by atoms with Crippen LogP contribution in [0.1, 0.15) is 44.6 Å². The average Bonchev–Trinajstić information content (AvgIpc) is 2.39. The van der Waals surface area contributed by atoms with Gasteiger partial charge in [-0.15, -0.1) is 0 Å². The van der Waals surface area contributed by atoms with E-state index in [-0.39, 0.29) is 5.82 Å². The van der Waals surface area contributed by atoms with Gasteiger partial charge in [-0.3, -0.25) is 0 Å². The third-order valence-electron chi connectivity index (χ3n) is 3.88. The van der Waals surface area contributed by atoms with Crippen LogP contribution in [0.2, 0.25) is 0 Å². The van der Waals surface area contributed by atoms with Crippen molar-refractivity contribution in [3.05, 3.63) is 35.6 Å². The summed E-state index contributed by atoms with van der Waals surface area (Å²) in [5, 5.41) is 14.1. The predicted molar refractivity (Wildman–Crippen MR) is 70.8 cm³/mol. The van der Waals surface area contributed by atoms with Crippen molar-refractivity contribution in [2.45, 2.75) is 50.7 Å². The predicted octanol–water partition coefficient (Wildman–Crippen LogP) is 2.96. The number of rotatable bonds is 4. The Kier molecular flexibility index (Phi) is 4.36. The molecule has 0 aromatic heterocycles. The number of benzene rings is 1.